The number of Topliss-reactive ketones (excluding diaryl/α,β-unsaturated/α-hetero) is 1. The van der Waals surface area contributed by atoms with Crippen LogP contribution in [0.2, 0.25) is 0 Å². The Labute approximate surface area is 287 Å². The minimum Gasteiger partial charge on any atom is -0.481 e. The molecule has 9 heteroatoms. The third-order valence-electron chi connectivity index (χ3n) is 14.7. The molecule has 268 valence electrons. The summed E-state index contributed by atoms with van der Waals surface area (Å²) < 4.78 is 6.12. The predicted molar refractivity (Wildman–Crippen MR) is 182 cm³/mol. The number of hydrogen-bond acceptors (Lipinski definition) is 6. The molecule has 4 fully saturated rings. The number of aliphatic carboxylic acids is 1. The maximum atomic E-state index is 13.8. The third-order valence-corrected chi connectivity index (χ3v) is 14.7. The van der Waals surface area contributed by atoms with E-state index in [0.717, 1.165) is 50.5 Å². The number of allylic oxidation sites excluding steroid dienone is 1. The number of rotatable bonds is 6. The molecule has 48 heavy (non-hydrogen) atoms. The Morgan fingerprint density at radius 1 is 0.958 bits per heavy atom. The molecule has 0 aliphatic heterocycles. The molecule has 5 rings (SSSR count). The molecule has 0 spiro atoms. The molecule has 0 radical (unpaired) electrons. The molecule has 4 saturated carbocycles. The fourth-order valence-electron chi connectivity index (χ4n) is 11.9. The van der Waals surface area contributed by atoms with Crippen molar-refractivity contribution in [2.45, 2.75) is 138 Å². The van der Waals surface area contributed by atoms with Gasteiger partial charge in [-0.15, -0.1) is 0 Å². The van der Waals surface area contributed by atoms with E-state index in [1.54, 1.807) is 27.9 Å². The second-order valence-electron chi connectivity index (χ2n) is 18.6. The van der Waals surface area contributed by atoms with Gasteiger partial charge in [-0.25, -0.2) is 0 Å². The van der Waals surface area contributed by atoms with Crippen molar-refractivity contribution >= 4 is 29.5 Å². The quantitative estimate of drug-likeness (QED) is 0.192. The number of esters is 1. The van der Waals surface area contributed by atoms with Crippen LogP contribution in [0, 0.1) is 50.7 Å². The molecule has 0 heterocycles. The summed E-state index contributed by atoms with van der Waals surface area (Å²) in [5.41, 5.74) is 0.00214. The molecule has 2 amide bonds. The highest BCUT2D eigenvalue weighted by Gasteiger charge is 2.69. The number of amides is 2. The summed E-state index contributed by atoms with van der Waals surface area (Å²) in [4.78, 5) is 65.8. The van der Waals surface area contributed by atoms with Crippen LogP contribution in [0.15, 0.2) is 11.1 Å². The predicted octanol–water partition coefficient (Wildman–Crippen LogP) is 6.34. The number of carbonyl (C=O) groups is 5. The summed E-state index contributed by atoms with van der Waals surface area (Å²) in [5.74, 6) is -1.95. The lowest BCUT2D eigenvalue weighted by Gasteiger charge is -2.70. The van der Waals surface area contributed by atoms with E-state index in [4.69, 9.17) is 4.74 Å². The SMILES string of the molecule is CC(C)C1C(=O)C[C@]2(NC(=O)C(=O)N(C)C)CC[C@]3(C)C(=C12)CCC1[C@@]2(C)CC[C@H](OC(=O)CC(C)(C)C(=O)O)C(C)(C)C2CC[C@]13C. The molecule has 0 aromatic carbocycles. The summed E-state index contributed by atoms with van der Waals surface area (Å²) in [6.07, 6.45) is 6.85. The van der Waals surface area contributed by atoms with Crippen LogP contribution in [0.25, 0.3) is 0 Å². The number of carboxylic acids is 1. The van der Waals surface area contributed by atoms with Crippen LogP contribution < -0.4 is 5.32 Å². The van der Waals surface area contributed by atoms with Crippen LogP contribution in [0.3, 0.4) is 0 Å². The minimum atomic E-state index is -1.18. The van der Waals surface area contributed by atoms with Crippen LogP contribution in [0.1, 0.15) is 127 Å². The Hall–Kier alpha value is -2.71. The van der Waals surface area contributed by atoms with Crippen molar-refractivity contribution < 1.29 is 33.8 Å². The Bertz CT molecular complexity index is 1440. The highest BCUT2D eigenvalue weighted by atomic mass is 16.5. The maximum Gasteiger partial charge on any atom is 0.311 e. The standard InChI is InChI=1S/C39H60N2O7/c1-22(2)29-24(42)20-39(40-31(44)32(45)41(10)11)19-18-37(8)23(30(29)39)12-13-26-36(7)16-15-27(48-28(43)21-34(3,4)33(46)47)35(5,6)25(36)14-17-38(26,37)9/h22,25-27,29H,12-21H2,1-11H3,(H,40,44)(H,46,47)/t25?,26?,27-,29?,36-,37+,38+,39+/m0/s1. The van der Waals surface area contributed by atoms with Gasteiger partial charge in [-0.1, -0.05) is 54.0 Å². The monoisotopic (exact) mass is 668 g/mol. The van der Waals surface area contributed by atoms with Crippen molar-refractivity contribution in [3.05, 3.63) is 11.1 Å². The molecular formula is C39H60N2O7. The molecule has 2 N–H and O–H groups in total. The Morgan fingerprint density at radius 2 is 1.60 bits per heavy atom. The molecule has 5 aliphatic carbocycles. The van der Waals surface area contributed by atoms with Crippen LogP contribution in [-0.2, 0) is 28.7 Å². The second kappa shape index (κ2) is 11.7. The van der Waals surface area contributed by atoms with Gasteiger partial charge in [0.25, 0.3) is 0 Å². The first kappa shape index (κ1) is 36.6. The Morgan fingerprint density at radius 3 is 2.19 bits per heavy atom. The van der Waals surface area contributed by atoms with Gasteiger partial charge in [0.2, 0.25) is 0 Å². The average molecular weight is 669 g/mol. The summed E-state index contributed by atoms with van der Waals surface area (Å²) in [7, 11) is 3.15. The topological polar surface area (TPSA) is 130 Å². The average Bonchev–Trinajstić information content (AvgIpc) is 3.25. The summed E-state index contributed by atoms with van der Waals surface area (Å²) in [6.45, 7) is 19.2. The van der Waals surface area contributed by atoms with Crippen LogP contribution in [-0.4, -0.2) is 65.3 Å². The van der Waals surface area contributed by atoms with Crippen molar-refractivity contribution in [1.29, 1.82) is 0 Å². The van der Waals surface area contributed by atoms with Gasteiger partial charge >= 0.3 is 23.8 Å². The van der Waals surface area contributed by atoms with Crippen LogP contribution in [0.5, 0.6) is 0 Å². The molecule has 3 unspecified atom stereocenters. The van der Waals surface area contributed by atoms with E-state index in [0.29, 0.717) is 18.3 Å². The lowest BCUT2D eigenvalue weighted by Crippen LogP contribution is -2.65. The van der Waals surface area contributed by atoms with Crippen molar-refractivity contribution in [1.82, 2.24) is 10.2 Å². The number of likely N-dealkylation sites (N-methyl/N-ethyl adjacent to an activating group) is 1. The molecule has 9 nitrogen and oxygen atoms in total. The van der Waals surface area contributed by atoms with Gasteiger partial charge in [-0.05, 0) is 105 Å². The Kier molecular flexibility index (Phi) is 8.90. The van der Waals surface area contributed by atoms with Gasteiger partial charge in [-0.2, -0.15) is 0 Å². The fraction of sp³-hybridized carbons (Fsp3) is 0.821. The first-order valence-corrected chi connectivity index (χ1v) is 18.2. The number of hydrogen-bond donors (Lipinski definition) is 2. The lowest BCUT2D eigenvalue weighted by molar-refractivity contribution is -0.214. The van der Waals surface area contributed by atoms with Gasteiger partial charge < -0.3 is 20.1 Å². The molecule has 5 aliphatic rings. The zero-order valence-electron chi connectivity index (χ0n) is 31.3. The number of carboxylic acid groups (broad SMARTS) is 1. The number of fused-ring (bicyclic) bond motifs is 6. The number of carbonyl (C=O) groups excluding carboxylic acids is 4. The molecule has 0 aromatic heterocycles. The van der Waals surface area contributed by atoms with E-state index in [9.17, 15) is 29.1 Å². The fourth-order valence-corrected chi connectivity index (χ4v) is 11.9. The van der Waals surface area contributed by atoms with Gasteiger partial charge in [0, 0.05) is 31.8 Å². The molecule has 0 saturated heterocycles. The number of ether oxygens (including phenoxy) is 1. The number of nitrogens with zero attached hydrogens (tertiary/aromatic N) is 1. The first-order chi connectivity index (χ1) is 22.0. The van der Waals surface area contributed by atoms with Gasteiger partial charge in [-0.3, -0.25) is 24.0 Å². The normalized spacial score (nSPS) is 38.7. The van der Waals surface area contributed by atoms with Crippen molar-refractivity contribution in [3.8, 4) is 0 Å². The molecule has 8 atom stereocenters. The van der Waals surface area contributed by atoms with Crippen LogP contribution in [0.4, 0.5) is 0 Å². The zero-order valence-corrected chi connectivity index (χ0v) is 31.3. The largest absolute Gasteiger partial charge is 0.481 e. The molecule has 0 bridgehead atoms. The summed E-state index contributed by atoms with van der Waals surface area (Å²) >= 11 is 0. The molecular weight excluding hydrogens is 608 g/mol. The van der Waals surface area contributed by atoms with Gasteiger partial charge in [0.05, 0.1) is 17.4 Å². The first-order valence-electron chi connectivity index (χ1n) is 18.2. The highest BCUT2D eigenvalue weighted by Crippen LogP contribution is 2.75. The van der Waals surface area contributed by atoms with Crippen molar-refractivity contribution in [2.24, 2.45) is 50.7 Å². The highest BCUT2D eigenvalue weighted by molar-refractivity contribution is 6.35. The van der Waals surface area contributed by atoms with E-state index >= 15 is 0 Å². The van der Waals surface area contributed by atoms with Crippen molar-refractivity contribution in [2.75, 3.05) is 14.1 Å². The third kappa shape index (κ3) is 5.26. The lowest BCUT2D eigenvalue weighted by atomic mass is 9.34. The van der Waals surface area contributed by atoms with Gasteiger partial charge in [0.1, 0.15) is 11.9 Å². The molecule has 0 aromatic rings. The van der Waals surface area contributed by atoms with Crippen LogP contribution >= 0.6 is 0 Å². The minimum absolute atomic E-state index is 0.0166. The van der Waals surface area contributed by atoms with E-state index in [2.05, 4.69) is 53.8 Å². The maximum absolute atomic E-state index is 13.8. The summed E-state index contributed by atoms with van der Waals surface area (Å²) in [5, 5.41) is 12.7. The number of ketones is 1. The van der Waals surface area contributed by atoms with E-state index < -0.39 is 34.7 Å². The summed E-state index contributed by atoms with van der Waals surface area (Å²) in [6, 6.07) is 0. The second-order valence-corrected chi connectivity index (χ2v) is 18.6. The van der Waals surface area contributed by atoms with Gasteiger partial charge in [0.15, 0.2) is 0 Å². The van der Waals surface area contributed by atoms with E-state index in [-0.39, 0.29) is 58.2 Å². The Balaban J connectivity index is 1.49. The zero-order chi connectivity index (χ0) is 36.0. The van der Waals surface area contributed by atoms with E-state index in [1.807, 2.05) is 0 Å². The van der Waals surface area contributed by atoms with Crippen molar-refractivity contribution in [3.63, 3.8) is 0 Å². The smallest absolute Gasteiger partial charge is 0.311 e. The van der Waals surface area contributed by atoms with E-state index in [1.165, 1.54) is 10.5 Å². The number of nitrogens with one attached hydrogen (secondary N) is 1.